The van der Waals surface area contributed by atoms with Crippen LogP contribution in [-0.4, -0.2) is 49.1 Å². The molecule has 1 unspecified atom stereocenters. The number of hydrogen-bond acceptors (Lipinski definition) is 6. The van der Waals surface area contributed by atoms with E-state index in [4.69, 9.17) is 4.74 Å². The maximum atomic E-state index is 12.4. The molecular formula is C11H14N2O6S. The minimum Gasteiger partial charge on any atom is -0.497 e. The first-order valence-electron chi connectivity index (χ1n) is 5.87. The fourth-order valence-corrected chi connectivity index (χ4v) is 3.68. The molecule has 1 atom stereocenters. The molecule has 0 saturated carbocycles. The van der Waals surface area contributed by atoms with Crippen molar-refractivity contribution in [3.63, 3.8) is 0 Å². The molecule has 0 radical (unpaired) electrons. The van der Waals surface area contributed by atoms with Crippen LogP contribution in [0.4, 0.5) is 5.69 Å². The van der Waals surface area contributed by atoms with Gasteiger partial charge >= 0.3 is 0 Å². The van der Waals surface area contributed by atoms with E-state index in [2.05, 4.69) is 0 Å². The molecule has 0 aliphatic carbocycles. The van der Waals surface area contributed by atoms with Crippen LogP contribution in [0.25, 0.3) is 0 Å². The molecule has 20 heavy (non-hydrogen) atoms. The van der Waals surface area contributed by atoms with E-state index in [1.165, 1.54) is 13.2 Å². The van der Waals surface area contributed by atoms with Gasteiger partial charge in [-0.25, -0.2) is 8.42 Å². The van der Waals surface area contributed by atoms with Gasteiger partial charge in [-0.1, -0.05) is 0 Å². The number of ether oxygens (including phenoxy) is 1. The van der Waals surface area contributed by atoms with Crippen LogP contribution in [0.2, 0.25) is 0 Å². The number of sulfonamides is 1. The van der Waals surface area contributed by atoms with Gasteiger partial charge in [0, 0.05) is 13.1 Å². The molecule has 0 aromatic heterocycles. The van der Waals surface area contributed by atoms with E-state index in [1.807, 2.05) is 0 Å². The summed E-state index contributed by atoms with van der Waals surface area (Å²) in [6.45, 7) is 0.0954. The number of aliphatic hydroxyl groups is 1. The predicted octanol–water partition coefficient (Wildman–Crippen LogP) is 0.359. The van der Waals surface area contributed by atoms with Gasteiger partial charge in [0.1, 0.15) is 5.75 Å². The topological polar surface area (TPSA) is 110 Å². The van der Waals surface area contributed by atoms with E-state index in [0.717, 1.165) is 16.4 Å². The molecular weight excluding hydrogens is 288 g/mol. The van der Waals surface area contributed by atoms with Crippen molar-refractivity contribution in [3.8, 4) is 5.75 Å². The van der Waals surface area contributed by atoms with Gasteiger partial charge in [0.2, 0.25) is 10.0 Å². The molecule has 9 heteroatoms. The first-order valence-corrected chi connectivity index (χ1v) is 7.31. The van der Waals surface area contributed by atoms with Crippen molar-refractivity contribution in [2.45, 2.75) is 17.4 Å². The fourth-order valence-electron chi connectivity index (χ4n) is 2.05. The van der Waals surface area contributed by atoms with Crippen LogP contribution in [0.3, 0.4) is 0 Å². The van der Waals surface area contributed by atoms with Crippen LogP contribution in [0.5, 0.6) is 5.75 Å². The molecule has 1 aliphatic heterocycles. The lowest BCUT2D eigenvalue weighted by Crippen LogP contribution is -2.30. The quantitative estimate of drug-likeness (QED) is 0.635. The first kappa shape index (κ1) is 14.7. The number of nitro groups is 1. The molecule has 8 nitrogen and oxygen atoms in total. The van der Waals surface area contributed by atoms with E-state index in [-0.39, 0.29) is 18.8 Å². The maximum Gasteiger partial charge on any atom is 0.293 e. The van der Waals surface area contributed by atoms with Gasteiger partial charge in [-0.2, -0.15) is 4.31 Å². The Kier molecular flexibility index (Phi) is 3.93. The molecule has 1 fully saturated rings. The maximum absolute atomic E-state index is 12.4. The van der Waals surface area contributed by atoms with E-state index >= 15 is 0 Å². The molecule has 1 saturated heterocycles. The lowest BCUT2D eigenvalue weighted by atomic mass is 10.3. The molecule has 1 aromatic carbocycles. The highest BCUT2D eigenvalue weighted by Crippen LogP contribution is 2.31. The fraction of sp³-hybridized carbons (Fsp3) is 0.455. The summed E-state index contributed by atoms with van der Waals surface area (Å²) < 4.78 is 30.7. The molecule has 110 valence electrons. The summed E-state index contributed by atoms with van der Waals surface area (Å²) in [6, 6.07) is 3.57. The van der Waals surface area contributed by atoms with Crippen molar-refractivity contribution in [1.82, 2.24) is 4.31 Å². The average Bonchev–Trinajstić information content (AvgIpc) is 2.85. The predicted molar refractivity (Wildman–Crippen MR) is 69.0 cm³/mol. The van der Waals surface area contributed by atoms with E-state index in [1.54, 1.807) is 0 Å². The van der Waals surface area contributed by atoms with E-state index in [0.29, 0.717) is 6.42 Å². The summed E-state index contributed by atoms with van der Waals surface area (Å²) in [7, 11) is -2.66. The Morgan fingerprint density at radius 3 is 2.70 bits per heavy atom. The lowest BCUT2D eigenvalue weighted by Gasteiger charge is -2.15. The zero-order chi connectivity index (χ0) is 14.9. The Morgan fingerprint density at radius 1 is 1.50 bits per heavy atom. The zero-order valence-electron chi connectivity index (χ0n) is 10.7. The van der Waals surface area contributed by atoms with Gasteiger partial charge in [-0.15, -0.1) is 0 Å². The Morgan fingerprint density at radius 2 is 2.20 bits per heavy atom. The van der Waals surface area contributed by atoms with Crippen molar-refractivity contribution in [3.05, 3.63) is 28.3 Å². The Balaban J connectivity index is 2.48. The van der Waals surface area contributed by atoms with Gasteiger partial charge in [0.25, 0.3) is 5.69 Å². The van der Waals surface area contributed by atoms with Crippen LogP contribution in [0, 0.1) is 10.1 Å². The summed E-state index contributed by atoms with van der Waals surface area (Å²) in [5, 5.41) is 20.4. The van der Waals surface area contributed by atoms with Crippen molar-refractivity contribution in [2.24, 2.45) is 0 Å². The SMILES string of the molecule is COc1ccc(S(=O)(=O)N2CCC(O)C2)c([N+](=O)[O-])c1. The van der Waals surface area contributed by atoms with Crippen molar-refractivity contribution < 1.29 is 23.2 Å². The number of methoxy groups -OCH3 is 1. The Bertz CT molecular complexity index is 630. The smallest absolute Gasteiger partial charge is 0.293 e. The second-order valence-corrected chi connectivity index (χ2v) is 6.30. The summed E-state index contributed by atoms with van der Waals surface area (Å²) in [5.41, 5.74) is -0.536. The summed E-state index contributed by atoms with van der Waals surface area (Å²) >= 11 is 0. The molecule has 2 rings (SSSR count). The third kappa shape index (κ3) is 2.60. The van der Waals surface area contributed by atoms with Gasteiger partial charge < -0.3 is 9.84 Å². The third-order valence-corrected chi connectivity index (χ3v) is 5.02. The largest absolute Gasteiger partial charge is 0.497 e. The van der Waals surface area contributed by atoms with E-state index in [9.17, 15) is 23.6 Å². The van der Waals surface area contributed by atoms with Crippen molar-refractivity contribution >= 4 is 15.7 Å². The molecule has 0 bridgehead atoms. The van der Waals surface area contributed by atoms with Gasteiger partial charge in [0.15, 0.2) is 4.90 Å². The minimum atomic E-state index is -4.00. The number of benzene rings is 1. The van der Waals surface area contributed by atoms with Crippen molar-refractivity contribution in [2.75, 3.05) is 20.2 Å². The lowest BCUT2D eigenvalue weighted by molar-refractivity contribution is -0.387. The zero-order valence-corrected chi connectivity index (χ0v) is 11.5. The second-order valence-electron chi connectivity index (χ2n) is 4.40. The molecule has 0 amide bonds. The standard InChI is InChI=1S/C11H14N2O6S/c1-19-9-2-3-11(10(6-9)13(15)16)20(17,18)12-5-4-8(14)7-12/h2-3,6,8,14H,4-5,7H2,1H3. The summed E-state index contributed by atoms with van der Waals surface area (Å²) in [4.78, 5) is 9.88. The van der Waals surface area contributed by atoms with E-state index < -0.39 is 31.6 Å². The number of hydrogen-bond donors (Lipinski definition) is 1. The average molecular weight is 302 g/mol. The minimum absolute atomic E-state index is 0.0501. The Hall–Kier alpha value is -1.71. The van der Waals surface area contributed by atoms with Crippen LogP contribution < -0.4 is 4.74 Å². The molecule has 1 aromatic rings. The molecule has 1 aliphatic rings. The van der Waals surface area contributed by atoms with Crippen LogP contribution in [-0.2, 0) is 10.0 Å². The van der Waals surface area contributed by atoms with Gasteiger partial charge in [-0.3, -0.25) is 10.1 Å². The number of rotatable bonds is 4. The van der Waals surface area contributed by atoms with Crippen molar-refractivity contribution in [1.29, 1.82) is 0 Å². The van der Waals surface area contributed by atoms with Gasteiger partial charge in [-0.05, 0) is 18.6 Å². The number of nitro benzene ring substituents is 1. The van der Waals surface area contributed by atoms with Gasteiger partial charge in [0.05, 0.1) is 24.2 Å². The summed E-state index contributed by atoms with van der Waals surface area (Å²) in [6.07, 6.45) is -0.412. The van der Waals surface area contributed by atoms with Crippen LogP contribution in [0.1, 0.15) is 6.42 Å². The number of aliphatic hydroxyl groups excluding tert-OH is 1. The second kappa shape index (κ2) is 5.35. The number of β-amino-alcohol motifs (C(OH)–C–C–N with tert-alkyl or cyclic N) is 1. The normalized spacial score (nSPS) is 20.0. The highest BCUT2D eigenvalue weighted by atomic mass is 32.2. The monoisotopic (exact) mass is 302 g/mol. The molecule has 0 spiro atoms. The molecule has 1 N–H and O–H groups in total. The Labute approximate surface area is 115 Å². The third-order valence-electron chi connectivity index (χ3n) is 3.11. The van der Waals surface area contributed by atoms with Crippen LogP contribution >= 0.6 is 0 Å². The number of nitrogens with zero attached hydrogens (tertiary/aromatic N) is 2. The van der Waals surface area contributed by atoms with Crippen LogP contribution in [0.15, 0.2) is 23.1 Å². The highest BCUT2D eigenvalue weighted by Gasteiger charge is 2.36. The highest BCUT2D eigenvalue weighted by molar-refractivity contribution is 7.89. The first-order chi connectivity index (χ1) is 9.36. The summed E-state index contributed by atoms with van der Waals surface area (Å²) in [5.74, 6) is 0.206. The molecule has 1 heterocycles.